The molecule has 8 heteroatoms. The lowest BCUT2D eigenvalue weighted by Crippen LogP contribution is -2.32. The van der Waals surface area contributed by atoms with Gasteiger partial charge in [-0.15, -0.1) is 0 Å². The fourth-order valence-corrected chi connectivity index (χ4v) is 3.77. The van der Waals surface area contributed by atoms with Crippen molar-refractivity contribution in [3.63, 3.8) is 0 Å². The van der Waals surface area contributed by atoms with Crippen LogP contribution < -0.4 is 16.6 Å². The minimum atomic E-state index is -0.420. The number of nitrogens with zero attached hydrogens (tertiary/aromatic N) is 3. The molecule has 2 rings (SSSR count). The summed E-state index contributed by atoms with van der Waals surface area (Å²) in [5.41, 5.74) is 0.0517. The molecule has 8 nitrogen and oxygen atoms in total. The maximum absolute atomic E-state index is 12.6. The molecule has 0 saturated carbocycles. The van der Waals surface area contributed by atoms with E-state index in [4.69, 9.17) is 0 Å². The summed E-state index contributed by atoms with van der Waals surface area (Å²) in [6, 6.07) is 0.146. The van der Waals surface area contributed by atoms with Crippen LogP contribution in [-0.4, -0.2) is 31.1 Å². The average Bonchev–Trinajstić information content (AvgIpc) is 3.05. The SMILES string of the molecule is CCCCCn1c(CCC(=O)NC(C)CCC)nc2c1c(=O)[nH]c(=O)n2CCCC. The molecule has 0 radical (unpaired) electrons. The highest BCUT2D eigenvalue weighted by molar-refractivity contribution is 5.76. The molecule has 0 fully saturated rings. The van der Waals surface area contributed by atoms with E-state index in [0.717, 1.165) is 44.9 Å². The number of hydrogen-bond donors (Lipinski definition) is 2. The van der Waals surface area contributed by atoms with Crippen LogP contribution in [0.1, 0.15) is 84.9 Å². The molecule has 1 unspecified atom stereocenters. The number of carbonyl (C=O) groups is 1. The zero-order valence-corrected chi connectivity index (χ0v) is 18.9. The van der Waals surface area contributed by atoms with Crippen LogP contribution in [0.25, 0.3) is 11.2 Å². The molecule has 30 heavy (non-hydrogen) atoms. The van der Waals surface area contributed by atoms with Crippen molar-refractivity contribution in [3.8, 4) is 0 Å². The topological polar surface area (TPSA) is 102 Å². The van der Waals surface area contributed by atoms with Gasteiger partial charge in [0.2, 0.25) is 5.91 Å². The molecule has 0 saturated heterocycles. The number of hydrogen-bond acceptors (Lipinski definition) is 4. The number of imidazole rings is 1. The molecule has 2 heterocycles. The molecule has 0 aromatic carbocycles. The molecule has 0 aliphatic rings. The van der Waals surface area contributed by atoms with Crippen molar-refractivity contribution in [2.75, 3.05) is 0 Å². The molecule has 0 aliphatic heterocycles. The number of carbonyl (C=O) groups excluding carboxylic acids is 1. The second kappa shape index (κ2) is 11.7. The molecule has 0 spiro atoms. The van der Waals surface area contributed by atoms with Crippen molar-refractivity contribution in [1.29, 1.82) is 0 Å². The van der Waals surface area contributed by atoms with E-state index in [1.54, 1.807) is 4.57 Å². The second-order valence-electron chi connectivity index (χ2n) is 8.08. The summed E-state index contributed by atoms with van der Waals surface area (Å²) in [5, 5.41) is 3.02. The first kappa shape index (κ1) is 23.9. The third-order valence-corrected chi connectivity index (χ3v) is 5.39. The zero-order valence-electron chi connectivity index (χ0n) is 18.9. The van der Waals surface area contributed by atoms with E-state index in [1.807, 2.05) is 11.5 Å². The highest BCUT2D eigenvalue weighted by Gasteiger charge is 2.19. The molecular formula is C22H37N5O3. The number of fused-ring (bicyclic) bond motifs is 1. The van der Waals surface area contributed by atoms with Crippen LogP contribution in [0.3, 0.4) is 0 Å². The molecule has 0 bridgehead atoms. The van der Waals surface area contributed by atoms with Crippen molar-refractivity contribution in [2.45, 2.75) is 105 Å². The highest BCUT2D eigenvalue weighted by Crippen LogP contribution is 2.15. The van der Waals surface area contributed by atoms with E-state index < -0.39 is 11.2 Å². The summed E-state index contributed by atoms with van der Waals surface area (Å²) in [4.78, 5) is 44.5. The lowest BCUT2D eigenvalue weighted by Gasteiger charge is -2.13. The number of aromatic amines is 1. The van der Waals surface area contributed by atoms with Crippen LogP contribution in [0.2, 0.25) is 0 Å². The number of H-pyrrole nitrogens is 1. The van der Waals surface area contributed by atoms with Gasteiger partial charge in [-0.25, -0.2) is 9.78 Å². The van der Waals surface area contributed by atoms with Gasteiger partial charge in [0.25, 0.3) is 5.56 Å². The van der Waals surface area contributed by atoms with E-state index in [0.29, 0.717) is 42.9 Å². The van der Waals surface area contributed by atoms with Gasteiger partial charge in [-0.1, -0.05) is 46.5 Å². The molecule has 2 aromatic rings. The first-order valence-corrected chi connectivity index (χ1v) is 11.4. The smallest absolute Gasteiger partial charge is 0.330 e. The number of amides is 1. The fourth-order valence-electron chi connectivity index (χ4n) is 3.77. The molecule has 1 atom stereocenters. The van der Waals surface area contributed by atoms with Gasteiger partial charge in [-0.05, 0) is 26.2 Å². The predicted molar refractivity (Wildman–Crippen MR) is 120 cm³/mol. The third-order valence-electron chi connectivity index (χ3n) is 5.39. The first-order chi connectivity index (χ1) is 14.4. The Morgan fingerprint density at radius 3 is 2.40 bits per heavy atom. The maximum atomic E-state index is 12.6. The van der Waals surface area contributed by atoms with Crippen molar-refractivity contribution < 1.29 is 4.79 Å². The van der Waals surface area contributed by atoms with Crippen LogP contribution in [0.15, 0.2) is 9.59 Å². The van der Waals surface area contributed by atoms with E-state index in [-0.39, 0.29) is 11.9 Å². The summed E-state index contributed by atoms with van der Waals surface area (Å²) in [6.07, 6.45) is 7.51. The van der Waals surface area contributed by atoms with Crippen molar-refractivity contribution in [3.05, 3.63) is 26.7 Å². The van der Waals surface area contributed by atoms with Crippen molar-refractivity contribution >= 4 is 17.1 Å². The van der Waals surface area contributed by atoms with Gasteiger partial charge in [0.05, 0.1) is 0 Å². The van der Waals surface area contributed by atoms with Gasteiger partial charge in [-0.3, -0.25) is 19.1 Å². The van der Waals surface area contributed by atoms with Crippen LogP contribution in [0, 0.1) is 0 Å². The van der Waals surface area contributed by atoms with E-state index in [9.17, 15) is 14.4 Å². The van der Waals surface area contributed by atoms with Gasteiger partial charge in [0.15, 0.2) is 11.2 Å². The van der Waals surface area contributed by atoms with Crippen LogP contribution in [0.4, 0.5) is 0 Å². The number of nitrogens with one attached hydrogen (secondary N) is 2. The first-order valence-electron chi connectivity index (χ1n) is 11.4. The third kappa shape index (κ3) is 6.06. The molecule has 1 amide bonds. The minimum Gasteiger partial charge on any atom is -0.354 e. The lowest BCUT2D eigenvalue weighted by molar-refractivity contribution is -0.121. The summed E-state index contributed by atoms with van der Waals surface area (Å²) < 4.78 is 3.47. The number of rotatable bonds is 13. The van der Waals surface area contributed by atoms with Gasteiger partial charge >= 0.3 is 5.69 Å². The minimum absolute atomic E-state index is 0.0135. The second-order valence-corrected chi connectivity index (χ2v) is 8.08. The summed E-state index contributed by atoms with van der Waals surface area (Å²) in [7, 11) is 0. The largest absolute Gasteiger partial charge is 0.354 e. The number of unbranched alkanes of at least 4 members (excludes halogenated alkanes) is 3. The Hall–Kier alpha value is -2.38. The Kier molecular flexibility index (Phi) is 9.33. The van der Waals surface area contributed by atoms with E-state index >= 15 is 0 Å². The standard InChI is InChI=1S/C22H37N5O3/c1-5-8-10-15-26-17(12-13-18(28)23-16(4)11-7-3)24-20-19(26)21(29)25-22(30)27(20)14-9-6-2/h16H,5-15H2,1-4H3,(H,23,28)(H,25,29,30). The van der Waals surface area contributed by atoms with Crippen molar-refractivity contribution in [1.82, 2.24) is 24.4 Å². The van der Waals surface area contributed by atoms with Crippen LogP contribution in [0.5, 0.6) is 0 Å². The Labute approximate surface area is 178 Å². The predicted octanol–water partition coefficient (Wildman–Crippen LogP) is 3.11. The quantitative estimate of drug-likeness (QED) is 0.487. The normalized spacial score (nSPS) is 12.4. The van der Waals surface area contributed by atoms with Crippen LogP contribution in [-0.2, 0) is 24.3 Å². The summed E-state index contributed by atoms with van der Waals surface area (Å²) in [6.45, 7) is 9.46. The van der Waals surface area contributed by atoms with E-state index in [2.05, 4.69) is 36.1 Å². The summed E-state index contributed by atoms with van der Waals surface area (Å²) in [5.74, 6) is 0.682. The van der Waals surface area contributed by atoms with Crippen molar-refractivity contribution in [2.24, 2.45) is 0 Å². The van der Waals surface area contributed by atoms with Gasteiger partial charge in [0, 0.05) is 32.0 Å². The number of aromatic nitrogens is 4. The molecule has 168 valence electrons. The Morgan fingerprint density at radius 1 is 1.03 bits per heavy atom. The molecule has 0 aliphatic carbocycles. The van der Waals surface area contributed by atoms with Crippen LogP contribution >= 0.6 is 0 Å². The monoisotopic (exact) mass is 419 g/mol. The maximum Gasteiger partial charge on any atom is 0.330 e. The molecular weight excluding hydrogens is 382 g/mol. The molecule has 2 N–H and O–H groups in total. The average molecular weight is 420 g/mol. The molecule has 2 aromatic heterocycles. The van der Waals surface area contributed by atoms with E-state index in [1.165, 1.54) is 0 Å². The van der Waals surface area contributed by atoms with Gasteiger partial charge < -0.3 is 9.88 Å². The zero-order chi connectivity index (χ0) is 22.1. The van der Waals surface area contributed by atoms with Gasteiger partial charge in [0.1, 0.15) is 5.82 Å². The van der Waals surface area contributed by atoms with Gasteiger partial charge in [-0.2, -0.15) is 0 Å². The fraction of sp³-hybridized carbons (Fsp3) is 0.727. The Balaban J connectivity index is 2.37. The number of aryl methyl sites for hydroxylation is 3. The Morgan fingerprint density at radius 2 is 1.73 bits per heavy atom. The lowest BCUT2D eigenvalue weighted by atomic mass is 10.2. The summed E-state index contributed by atoms with van der Waals surface area (Å²) >= 11 is 0. The highest BCUT2D eigenvalue weighted by atomic mass is 16.2. The Bertz CT molecular complexity index is 941.